The van der Waals surface area contributed by atoms with Crippen molar-refractivity contribution in [3.8, 4) is 0 Å². The van der Waals surface area contributed by atoms with Crippen LogP contribution in [0.4, 0.5) is 26.0 Å². The zero-order valence-electron chi connectivity index (χ0n) is 21.4. The SMILES string of the molecule is C=C(/C=C(\C=C/C)C(=O)N1CCc2c1ccc(F)c2F)Nc1ccc2c(c1)CC1(C2)C(=O)Nc2ncccc21. The minimum atomic E-state index is -0.917. The maximum atomic E-state index is 14.2. The van der Waals surface area contributed by atoms with Crippen LogP contribution in [0.5, 0.6) is 0 Å². The second-order valence-electron chi connectivity index (χ2n) is 10.1. The summed E-state index contributed by atoms with van der Waals surface area (Å²) in [5, 5.41) is 6.17. The van der Waals surface area contributed by atoms with Gasteiger partial charge in [0, 0.05) is 40.8 Å². The highest BCUT2D eigenvalue weighted by Gasteiger charge is 2.51. The zero-order chi connectivity index (χ0) is 27.3. The number of fused-ring (bicyclic) bond motifs is 4. The van der Waals surface area contributed by atoms with E-state index in [-0.39, 0.29) is 30.3 Å². The Morgan fingerprint density at radius 2 is 2.00 bits per heavy atom. The number of amides is 2. The van der Waals surface area contributed by atoms with Crippen molar-refractivity contribution in [1.82, 2.24) is 4.98 Å². The van der Waals surface area contributed by atoms with Crippen molar-refractivity contribution in [1.29, 1.82) is 0 Å². The molecular formula is C31H26F2N4O2. The molecule has 1 aromatic heterocycles. The van der Waals surface area contributed by atoms with Crippen LogP contribution in [-0.2, 0) is 34.3 Å². The zero-order valence-corrected chi connectivity index (χ0v) is 21.4. The lowest BCUT2D eigenvalue weighted by Gasteiger charge is -2.20. The summed E-state index contributed by atoms with van der Waals surface area (Å²) in [6.07, 6.45) is 8.16. The fourth-order valence-electron chi connectivity index (χ4n) is 5.90. The van der Waals surface area contributed by atoms with Crippen LogP contribution in [-0.4, -0.2) is 23.3 Å². The van der Waals surface area contributed by atoms with Gasteiger partial charge in [0.1, 0.15) is 5.82 Å². The van der Waals surface area contributed by atoms with E-state index in [1.165, 1.54) is 11.0 Å². The normalized spacial score (nSPS) is 19.3. The van der Waals surface area contributed by atoms with Crippen LogP contribution in [0.3, 0.4) is 0 Å². The highest BCUT2D eigenvalue weighted by Crippen LogP contribution is 2.47. The Labute approximate surface area is 224 Å². The minimum Gasteiger partial charge on any atom is -0.356 e. The molecule has 196 valence electrons. The molecule has 1 aliphatic carbocycles. The Morgan fingerprint density at radius 1 is 1.18 bits per heavy atom. The molecule has 0 radical (unpaired) electrons. The largest absolute Gasteiger partial charge is 0.356 e. The average molecular weight is 525 g/mol. The van der Waals surface area contributed by atoms with Gasteiger partial charge in [0.05, 0.1) is 11.1 Å². The van der Waals surface area contributed by atoms with Crippen LogP contribution in [0.25, 0.3) is 0 Å². The molecule has 1 spiro atoms. The molecule has 3 aromatic rings. The number of carbonyl (C=O) groups is 2. The molecule has 1 unspecified atom stereocenters. The van der Waals surface area contributed by atoms with E-state index in [2.05, 4.69) is 22.2 Å². The van der Waals surface area contributed by atoms with Gasteiger partial charge in [-0.1, -0.05) is 30.9 Å². The van der Waals surface area contributed by atoms with Gasteiger partial charge in [0.2, 0.25) is 5.91 Å². The molecule has 2 aromatic carbocycles. The first-order valence-electron chi connectivity index (χ1n) is 12.8. The predicted octanol–water partition coefficient (Wildman–Crippen LogP) is 5.37. The van der Waals surface area contributed by atoms with Gasteiger partial charge < -0.3 is 15.5 Å². The molecule has 0 bridgehead atoms. The van der Waals surface area contributed by atoms with E-state index in [0.717, 1.165) is 28.4 Å². The second kappa shape index (κ2) is 9.31. The first kappa shape index (κ1) is 24.7. The number of aromatic nitrogens is 1. The van der Waals surface area contributed by atoms with Crippen molar-refractivity contribution in [2.24, 2.45) is 0 Å². The summed E-state index contributed by atoms with van der Waals surface area (Å²) in [5.41, 5.74) is 4.68. The Kier molecular flexibility index (Phi) is 5.90. The number of anilines is 3. The van der Waals surface area contributed by atoms with E-state index in [1.807, 2.05) is 30.3 Å². The number of hydrogen-bond donors (Lipinski definition) is 2. The van der Waals surface area contributed by atoms with Gasteiger partial charge >= 0.3 is 0 Å². The Balaban J connectivity index is 1.21. The van der Waals surface area contributed by atoms with E-state index < -0.39 is 17.0 Å². The van der Waals surface area contributed by atoms with Crippen LogP contribution in [0.2, 0.25) is 0 Å². The molecule has 6 nitrogen and oxygen atoms in total. The van der Waals surface area contributed by atoms with Crippen LogP contribution in [0.1, 0.15) is 29.2 Å². The molecule has 3 aliphatic rings. The molecule has 3 heterocycles. The number of halogens is 2. The number of rotatable bonds is 5. The van der Waals surface area contributed by atoms with E-state index in [1.54, 1.807) is 31.3 Å². The summed E-state index contributed by atoms with van der Waals surface area (Å²) in [6, 6.07) is 12.2. The van der Waals surface area contributed by atoms with Gasteiger partial charge in [-0.2, -0.15) is 0 Å². The van der Waals surface area contributed by atoms with Crippen molar-refractivity contribution in [2.75, 3.05) is 22.1 Å². The third-order valence-electron chi connectivity index (χ3n) is 7.70. The fourth-order valence-corrected chi connectivity index (χ4v) is 5.90. The summed E-state index contributed by atoms with van der Waals surface area (Å²) in [7, 11) is 0. The lowest BCUT2D eigenvalue weighted by atomic mass is 9.79. The number of nitrogens with zero attached hydrogens (tertiary/aromatic N) is 2. The molecule has 1 atom stereocenters. The number of nitrogens with one attached hydrogen (secondary N) is 2. The molecule has 6 rings (SSSR count). The number of allylic oxidation sites excluding steroid dienone is 2. The standard InChI is InChI=1S/C31H26F2N4O2/c1-3-5-19(29(38)37-13-11-23-26(37)10-9-25(32)27(23)33)14-18(2)35-22-8-7-20-16-31(17-21(20)15-22)24-6-4-12-34-28(24)36-30(31)39/h3-10,12,14-15,35H,2,11,13,16-17H2,1H3,(H,34,36,39)/b5-3-,19-14+. The van der Waals surface area contributed by atoms with Crippen molar-refractivity contribution < 1.29 is 18.4 Å². The molecule has 8 heteroatoms. The van der Waals surface area contributed by atoms with Crippen LogP contribution < -0.4 is 15.5 Å². The summed E-state index contributed by atoms with van der Waals surface area (Å²) in [6.45, 7) is 6.15. The van der Waals surface area contributed by atoms with Gasteiger partial charge in [-0.05, 0) is 73.7 Å². The van der Waals surface area contributed by atoms with E-state index >= 15 is 0 Å². The maximum absolute atomic E-state index is 14.2. The lowest BCUT2D eigenvalue weighted by Crippen LogP contribution is -2.35. The third-order valence-corrected chi connectivity index (χ3v) is 7.70. The van der Waals surface area contributed by atoms with Gasteiger partial charge in [0.25, 0.3) is 5.91 Å². The van der Waals surface area contributed by atoms with Crippen molar-refractivity contribution in [3.05, 3.63) is 119 Å². The van der Waals surface area contributed by atoms with Crippen molar-refractivity contribution >= 4 is 29.0 Å². The van der Waals surface area contributed by atoms with E-state index in [0.29, 0.717) is 35.6 Å². The summed E-state index contributed by atoms with van der Waals surface area (Å²) in [4.78, 5) is 32.2. The highest BCUT2D eigenvalue weighted by molar-refractivity contribution is 6.09. The number of benzene rings is 2. The average Bonchev–Trinajstić information content (AvgIpc) is 3.60. The summed E-state index contributed by atoms with van der Waals surface area (Å²) in [5.74, 6) is -1.55. The Morgan fingerprint density at radius 3 is 2.82 bits per heavy atom. The maximum Gasteiger partial charge on any atom is 0.258 e. The molecule has 2 amide bonds. The van der Waals surface area contributed by atoms with Crippen LogP contribution in [0, 0.1) is 11.6 Å². The molecule has 0 saturated carbocycles. The van der Waals surface area contributed by atoms with E-state index in [4.69, 9.17) is 0 Å². The second-order valence-corrected chi connectivity index (χ2v) is 10.1. The topological polar surface area (TPSA) is 74.3 Å². The molecule has 2 aliphatic heterocycles. The highest BCUT2D eigenvalue weighted by atomic mass is 19.2. The monoisotopic (exact) mass is 524 g/mol. The smallest absolute Gasteiger partial charge is 0.258 e. The van der Waals surface area contributed by atoms with Gasteiger partial charge in [0.15, 0.2) is 11.6 Å². The fraction of sp³-hybridized carbons (Fsp3) is 0.194. The minimum absolute atomic E-state index is 0.0325. The first-order valence-corrected chi connectivity index (χ1v) is 12.8. The van der Waals surface area contributed by atoms with Crippen LogP contribution >= 0.6 is 0 Å². The quantitative estimate of drug-likeness (QED) is 0.348. The summed E-state index contributed by atoms with van der Waals surface area (Å²) >= 11 is 0. The predicted molar refractivity (Wildman–Crippen MR) is 146 cm³/mol. The number of hydrogen-bond acceptors (Lipinski definition) is 4. The number of carbonyl (C=O) groups excluding carboxylic acids is 2. The third kappa shape index (κ3) is 4.03. The number of pyridine rings is 1. The van der Waals surface area contributed by atoms with Gasteiger partial charge in [-0.15, -0.1) is 0 Å². The van der Waals surface area contributed by atoms with Crippen molar-refractivity contribution in [2.45, 2.75) is 31.6 Å². The summed E-state index contributed by atoms with van der Waals surface area (Å²) < 4.78 is 27.9. The van der Waals surface area contributed by atoms with Crippen LogP contribution in [0.15, 0.2) is 84.7 Å². The lowest BCUT2D eigenvalue weighted by molar-refractivity contribution is -0.120. The molecule has 2 N–H and O–H groups in total. The molecule has 0 fully saturated rings. The Bertz CT molecular complexity index is 1630. The molecule has 0 saturated heterocycles. The first-order chi connectivity index (χ1) is 18.8. The van der Waals surface area contributed by atoms with E-state index in [9.17, 15) is 18.4 Å². The Hall–Kier alpha value is -4.59. The molecule has 39 heavy (non-hydrogen) atoms. The van der Waals surface area contributed by atoms with Gasteiger partial charge in [-0.3, -0.25) is 9.59 Å². The van der Waals surface area contributed by atoms with Crippen molar-refractivity contribution in [3.63, 3.8) is 0 Å². The molecular weight excluding hydrogens is 498 g/mol. The van der Waals surface area contributed by atoms with Gasteiger partial charge in [-0.25, -0.2) is 13.8 Å².